The van der Waals surface area contributed by atoms with E-state index in [0.29, 0.717) is 12.5 Å². The number of cyclic esters (lactones) is 1. The predicted octanol–water partition coefficient (Wildman–Crippen LogP) is 5.63. The summed E-state index contributed by atoms with van der Waals surface area (Å²) >= 11 is 0. The minimum Gasteiger partial charge on any atom is -0.462 e. The quantitative estimate of drug-likeness (QED) is 0.548. The van der Waals surface area contributed by atoms with Gasteiger partial charge >= 0.3 is 12.1 Å². The molecule has 0 radical (unpaired) electrons. The van der Waals surface area contributed by atoms with E-state index in [1.54, 1.807) is 19.2 Å². The van der Waals surface area contributed by atoms with Gasteiger partial charge < -0.3 is 14.8 Å². The molecule has 1 N–H and O–H groups in total. The van der Waals surface area contributed by atoms with Gasteiger partial charge in [-0.15, -0.1) is 0 Å². The average Bonchev–Trinajstić information content (AvgIpc) is 3.15. The van der Waals surface area contributed by atoms with Crippen LogP contribution in [0.1, 0.15) is 45.2 Å². The molecule has 2 saturated carbocycles. The molecule has 6 nitrogen and oxygen atoms in total. The Morgan fingerprint density at radius 3 is 2.83 bits per heavy atom. The zero-order valence-corrected chi connectivity index (χ0v) is 20.7. The van der Waals surface area contributed by atoms with Crippen molar-refractivity contribution in [3.05, 3.63) is 60.2 Å². The van der Waals surface area contributed by atoms with Crippen molar-refractivity contribution >= 4 is 18.1 Å². The molecule has 1 aromatic heterocycles. The van der Waals surface area contributed by atoms with Gasteiger partial charge in [-0.05, 0) is 80.7 Å². The third kappa shape index (κ3) is 4.88. The number of ether oxygens (including phenoxy) is 2. The van der Waals surface area contributed by atoms with Gasteiger partial charge in [-0.25, -0.2) is 9.18 Å². The van der Waals surface area contributed by atoms with E-state index >= 15 is 0 Å². The summed E-state index contributed by atoms with van der Waals surface area (Å²) in [6.45, 7) is 4.12. The van der Waals surface area contributed by atoms with Crippen LogP contribution in [0.3, 0.4) is 0 Å². The summed E-state index contributed by atoms with van der Waals surface area (Å²) in [6, 6.07) is 10.3. The highest BCUT2D eigenvalue weighted by Crippen LogP contribution is 2.53. The lowest BCUT2D eigenvalue weighted by Gasteiger charge is -2.49. The fourth-order valence-electron chi connectivity index (χ4n) is 6.69. The Bertz CT molecular complexity index is 1130. The fourth-order valence-corrected chi connectivity index (χ4v) is 6.69. The highest BCUT2D eigenvalue weighted by Gasteiger charge is 2.55. The van der Waals surface area contributed by atoms with Gasteiger partial charge in [-0.3, -0.25) is 9.78 Å². The van der Waals surface area contributed by atoms with Crippen LogP contribution in [0, 0.1) is 35.4 Å². The van der Waals surface area contributed by atoms with Gasteiger partial charge in [0.05, 0.1) is 18.2 Å². The molecule has 190 valence electrons. The summed E-state index contributed by atoms with van der Waals surface area (Å²) in [7, 11) is 0. The van der Waals surface area contributed by atoms with Crippen molar-refractivity contribution in [2.75, 3.05) is 6.61 Å². The van der Waals surface area contributed by atoms with E-state index < -0.39 is 0 Å². The zero-order valence-electron chi connectivity index (χ0n) is 20.7. The van der Waals surface area contributed by atoms with E-state index in [9.17, 15) is 14.0 Å². The maximum atomic E-state index is 13.6. The second-order valence-corrected chi connectivity index (χ2v) is 10.2. The van der Waals surface area contributed by atoms with Crippen LogP contribution < -0.4 is 5.32 Å². The maximum absolute atomic E-state index is 13.6. The number of fused-ring (bicyclic) bond motifs is 2. The van der Waals surface area contributed by atoms with Crippen molar-refractivity contribution in [1.29, 1.82) is 0 Å². The number of halogens is 1. The van der Waals surface area contributed by atoms with Crippen LogP contribution >= 0.6 is 0 Å². The van der Waals surface area contributed by atoms with Gasteiger partial charge in [0.1, 0.15) is 11.9 Å². The lowest BCUT2D eigenvalue weighted by molar-refractivity contribution is -0.144. The van der Waals surface area contributed by atoms with Crippen molar-refractivity contribution in [3.63, 3.8) is 0 Å². The summed E-state index contributed by atoms with van der Waals surface area (Å²) in [5.41, 5.74) is 2.45. The summed E-state index contributed by atoms with van der Waals surface area (Å²) in [4.78, 5) is 29.5. The van der Waals surface area contributed by atoms with Gasteiger partial charge in [-0.1, -0.05) is 30.7 Å². The number of carbonyl (C=O) groups is 2. The smallest absolute Gasteiger partial charge is 0.407 e. The minimum absolute atomic E-state index is 0.00738. The average molecular weight is 493 g/mol. The first kappa shape index (κ1) is 24.5. The van der Waals surface area contributed by atoms with Crippen molar-refractivity contribution in [3.8, 4) is 11.1 Å². The number of rotatable bonds is 5. The number of hydrogen-bond donors (Lipinski definition) is 1. The van der Waals surface area contributed by atoms with Gasteiger partial charge in [0.25, 0.3) is 0 Å². The van der Waals surface area contributed by atoms with Crippen LogP contribution in [0.2, 0.25) is 0 Å². The molecule has 1 aliphatic heterocycles. The number of allylic oxidation sites excluding steroid dienone is 1. The summed E-state index contributed by atoms with van der Waals surface area (Å²) in [6.07, 6.45) is 9.15. The molecular formula is C29H33FN2O4. The fraction of sp³-hybridized carbons (Fsp3) is 0.483. The summed E-state index contributed by atoms with van der Waals surface area (Å²) in [5.74, 6) is 0.233. The number of amides is 1. The molecule has 36 heavy (non-hydrogen) atoms. The molecule has 3 fully saturated rings. The van der Waals surface area contributed by atoms with Crippen LogP contribution in [0.15, 0.2) is 48.7 Å². The summed E-state index contributed by atoms with van der Waals surface area (Å²) in [5, 5.41) is 3.07. The lowest BCUT2D eigenvalue weighted by Crippen LogP contribution is -2.52. The van der Waals surface area contributed by atoms with E-state index in [-0.39, 0.29) is 53.7 Å². The molecule has 1 aromatic carbocycles. The van der Waals surface area contributed by atoms with E-state index in [1.807, 2.05) is 31.2 Å². The molecule has 2 aliphatic carbocycles. The highest BCUT2D eigenvalue weighted by atomic mass is 19.1. The third-order valence-corrected chi connectivity index (χ3v) is 8.21. The van der Waals surface area contributed by atoms with Crippen molar-refractivity contribution in [2.24, 2.45) is 29.6 Å². The van der Waals surface area contributed by atoms with Crippen molar-refractivity contribution in [1.82, 2.24) is 10.3 Å². The Balaban J connectivity index is 1.39. The zero-order chi connectivity index (χ0) is 25.2. The van der Waals surface area contributed by atoms with E-state index in [2.05, 4.69) is 16.4 Å². The van der Waals surface area contributed by atoms with Gasteiger partial charge in [0, 0.05) is 23.7 Å². The van der Waals surface area contributed by atoms with Gasteiger partial charge in [0.2, 0.25) is 0 Å². The molecular weight excluding hydrogens is 459 g/mol. The number of hydrogen-bond acceptors (Lipinski definition) is 5. The first-order valence-electron chi connectivity index (χ1n) is 13.0. The van der Waals surface area contributed by atoms with E-state index in [0.717, 1.165) is 42.5 Å². The van der Waals surface area contributed by atoms with Crippen LogP contribution in [0.5, 0.6) is 0 Å². The first-order valence-corrected chi connectivity index (χ1v) is 13.0. The number of nitrogens with one attached hydrogen (secondary N) is 1. The molecule has 5 rings (SSSR count). The predicted molar refractivity (Wildman–Crippen MR) is 134 cm³/mol. The Kier molecular flexibility index (Phi) is 7.08. The van der Waals surface area contributed by atoms with Crippen LogP contribution in [-0.2, 0) is 14.3 Å². The number of nitrogens with zero attached hydrogens (tertiary/aromatic N) is 1. The number of pyridine rings is 1. The van der Waals surface area contributed by atoms with Crippen LogP contribution in [-0.4, -0.2) is 35.8 Å². The second-order valence-electron chi connectivity index (χ2n) is 10.2. The largest absolute Gasteiger partial charge is 0.462 e. The molecule has 7 heteroatoms. The maximum Gasteiger partial charge on any atom is 0.407 e. The van der Waals surface area contributed by atoms with Gasteiger partial charge in [-0.2, -0.15) is 0 Å². The van der Waals surface area contributed by atoms with Crippen molar-refractivity contribution < 1.29 is 23.5 Å². The Hall–Kier alpha value is -3.22. The molecule has 1 saturated heterocycles. The second kappa shape index (κ2) is 10.4. The highest BCUT2D eigenvalue weighted by molar-refractivity contribution is 5.76. The molecule has 0 spiro atoms. The van der Waals surface area contributed by atoms with Crippen LogP contribution in [0.4, 0.5) is 9.18 Å². The monoisotopic (exact) mass is 492 g/mol. The number of esters is 1. The molecule has 7 atom stereocenters. The standard InChI is InChI=1S/C29H33FN2O4/c1-3-35-29(34)32-26-9-5-8-22-23(27-17(2)36-28(33)25(27)15-24(22)26)13-12-21-11-10-19(16-31-21)18-6-4-7-20(30)14-18/h4,6-7,10-14,16-17,22-27H,3,5,8-9,15H2,1-2H3,(H,32,34)/b13-12+/t17-,22+,23+,24+,25-,26-,27+/m1/s1. The molecule has 2 aromatic rings. The lowest BCUT2D eigenvalue weighted by atomic mass is 9.56. The topological polar surface area (TPSA) is 77.5 Å². The van der Waals surface area contributed by atoms with Crippen molar-refractivity contribution in [2.45, 2.75) is 51.7 Å². The molecule has 0 bridgehead atoms. The van der Waals surface area contributed by atoms with E-state index in [1.165, 1.54) is 12.1 Å². The normalized spacial score (nSPS) is 31.4. The third-order valence-electron chi connectivity index (χ3n) is 8.21. The Morgan fingerprint density at radius 1 is 1.22 bits per heavy atom. The van der Waals surface area contributed by atoms with E-state index in [4.69, 9.17) is 9.47 Å². The number of benzene rings is 1. The Labute approximate surface area is 211 Å². The minimum atomic E-state index is -0.387. The number of aromatic nitrogens is 1. The SMILES string of the molecule is CCOC(=O)N[C@@H]1CCC[C@H]2[C@H](/C=C/c3ccc(-c4cccc(F)c4)cn3)[C@@H]3[C@@H](C)OC(=O)[C@@H]3C[C@@H]21. The molecule has 0 unspecified atom stereocenters. The first-order chi connectivity index (χ1) is 17.4. The molecule has 1 amide bonds. The Morgan fingerprint density at radius 2 is 2.08 bits per heavy atom. The molecule has 2 heterocycles. The molecule has 3 aliphatic rings. The van der Waals surface area contributed by atoms with Crippen LogP contribution in [0.25, 0.3) is 17.2 Å². The number of carbonyl (C=O) groups excluding carboxylic acids is 2. The van der Waals surface area contributed by atoms with Gasteiger partial charge in [0.15, 0.2) is 0 Å². The summed E-state index contributed by atoms with van der Waals surface area (Å²) < 4.78 is 24.4. The number of alkyl carbamates (subject to hydrolysis) is 1.